The molecule has 1 aliphatic carbocycles. The second-order valence-corrected chi connectivity index (χ2v) is 9.16. The minimum absolute atomic E-state index is 0.0223. The van der Waals surface area contributed by atoms with Gasteiger partial charge in [0.05, 0.1) is 6.04 Å². The maximum absolute atomic E-state index is 14.6. The van der Waals surface area contributed by atoms with E-state index >= 15 is 0 Å². The molecule has 0 spiro atoms. The van der Waals surface area contributed by atoms with Crippen molar-refractivity contribution in [1.29, 1.82) is 0 Å². The number of carbonyl (C=O) groups excluding carboxylic acids is 1. The number of alkyl halides is 2. The Hall–Kier alpha value is -1.55. The number of amides is 1. The van der Waals surface area contributed by atoms with E-state index in [1.807, 2.05) is 0 Å². The van der Waals surface area contributed by atoms with E-state index in [1.54, 1.807) is 11.0 Å². The third kappa shape index (κ3) is 6.23. The summed E-state index contributed by atoms with van der Waals surface area (Å²) >= 11 is 1.21. The first-order valence-electron chi connectivity index (χ1n) is 10.9. The van der Waals surface area contributed by atoms with Crippen LogP contribution in [0.1, 0.15) is 63.6 Å². The van der Waals surface area contributed by atoms with E-state index in [0.717, 1.165) is 57.2 Å². The summed E-state index contributed by atoms with van der Waals surface area (Å²) in [5.41, 5.74) is 0. The molecule has 2 atom stereocenters. The molecule has 0 bridgehead atoms. The van der Waals surface area contributed by atoms with E-state index in [-0.39, 0.29) is 11.3 Å². The van der Waals surface area contributed by atoms with E-state index in [1.165, 1.54) is 17.8 Å². The number of hydrogen-bond donors (Lipinski definition) is 2. The number of carbonyl (C=O) groups is 1. The first-order chi connectivity index (χ1) is 14.5. The van der Waals surface area contributed by atoms with Gasteiger partial charge < -0.3 is 10.0 Å². The van der Waals surface area contributed by atoms with Crippen LogP contribution in [-0.4, -0.2) is 66.2 Å². The van der Waals surface area contributed by atoms with Crippen LogP contribution in [0.3, 0.4) is 0 Å². The molecule has 2 N–H and O–H groups in total. The van der Waals surface area contributed by atoms with Gasteiger partial charge in [0.25, 0.3) is 11.2 Å². The summed E-state index contributed by atoms with van der Waals surface area (Å²) in [4.78, 5) is 13.9. The summed E-state index contributed by atoms with van der Waals surface area (Å²) in [5.74, 6) is -2.56. The molecule has 3 rings (SSSR count). The fraction of sp³-hybridized carbons (Fsp3) is 0.800. The summed E-state index contributed by atoms with van der Waals surface area (Å²) in [6, 6.07) is -0.237. The standard InChI is InChI=1S/C20H31F2N5O2S/c21-20(22,15-8-4-3-5-9-15)17(28)12-11-16-14-30-19(29)27(16)13-7-2-1-6-10-18-23-25-26-24-18/h11-12,15-17,28H,1-10,13-14H2,(H,23,24,25,26). The van der Waals surface area contributed by atoms with E-state index in [9.17, 15) is 18.7 Å². The third-order valence-electron chi connectivity index (χ3n) is 6.02. The zero-order valence-electron chi connectivity index (χ0n) is 17.2. The number of aryl methyl sites for hydroxylation is 1. The van der Waals surface area contributed by atoms with Crippen molar-refractivity contribution in [2.45, 2.75) is 82.3 Å². The lowest BCUT2D eigenvalue weighted by Crippen LogP contribution is -2.41. The molecule has 1 saturated heterocycles. The largest absolute Gasteiger partial charge is 0.383 e. The average Bonchev–Trinajstić information content (AvgIpc) is 3.39. The van der Waals surface area contributed by atoms with Crippen LogP contribution in [0, 0.1) is 5.92 Å². The predicted octanol–water partition coefficient (Wildman–Crippen LogP) is 3.97. The number of aliphatic hydroxyl groups excluding tert-OH is 1. The molecule has 2 fully saturated rings. The summed E-state index contributed by atoms with van der Waals surface area (Å²) in [6.45, 7) is 0.597. The van der Waals surface area contributed by atoms with Gasteiger partial charge in [-0.2, -0.15) is 0 Å². The molecular formula is C20H31F2N5O2S. The smallest absolute Gasteiger partial charge is 0.282 e. The molecule has 0 aromatic carbocycles. The van der Waals surface area contributed by atoms with Crippen LogP contribution in [0.15, 0.2) is 12.2 Å². The number of nitrogens with zero attached hydrogens (tertiary/aromatic N) is 4. The van der Waals surface area contributed by atoms with Crippen molar-refractivity contribution in [3.63, 3.8) is 0 Å². The molecule has 2 aliphatic rings. The van der Waals surface area contributed by atoms with Crippen molar-refractivity contribution in [1.82, 2.24) is 25.5 Å². The molecule has 1 aromatic rings. The van der Waals surface area contributed by atoms with Crippen molar-refractivity contribution in [2.75, 3.05) is 12.3 Å². The zero-order valence-corrected chi connectivity index (χ0v) is 18.0. The van der Waals surface area contributed by atoms with Gasteiger partial charge in [-0.1, -0.05) is 56.0 Å². The molecule has 2 unspecified atom stereocenters. The summed E-state index contributed by atoms with van der Waals surface area (Å²) in [7, 11) is 0. The highest BCUT2D eigenvalue weighted by Crippen LogP contribution is 2.39. The second-order valence-electron chi connectivity index (χ2n) is 8.19. The van der Waals surface area contributed by atoms with E-state index in [0.29, 0.717) is 25.1 Å². The molecule has 1 aliphatic heterocycles. The van der Waals surface area contributed by atoms with Crippen LogP contribution in [0.2, 0.25) is 0 Å². The zero-order chi connectivity index (χ0) is 21.4. The lowest BCUT2D eigenvalue weighted by Gasteiger charge is -2.32. The number of unbranched alkanes of at least 4 members (excludes halogenated alkanes) is 3. The number of aliphatic hydroxyl groups is 1. The lowest BCUT2D eigenvalue weighted by molar-refractivity contribution is -0.137. The molecule has 1 saturated carbocycles. The summed E-state index contributed by atoms with van der Waals surface area (Å²) in [5, 5.41) is 23.8. The monoisotopic (exact) mass is 443 g/mol. The third-order valence-corrected chi connectivity index (χ3v) is 7.01. The quantitative estimate of drug-likeness (QED) is 0.397. The average molecular weight is 444 g/mol. The summed E-state index contributed by atoms with van der Waals surface area (Å²) in [6.07, 6.45) is 9.11. The van der Waals surface area contributed by atoms with Gasteiger partial charge in [0.15, 0.2) is 0 Å². The Kier molecular flexibility index (Phi) is 8.61. The van der Waals surface area contributed by atoms with E-state index in [4.69, 9.17) is 0 Å². The van der Waals surface area contributed by atoms with Crippen LogP contribution in [0.25, 0.3) is 0 Å². The van der Waals surface area contributed by atoms with Crippen LogP contribution in [0.4, 0.5) is 13.6 Å². The minimum Gasteiger partial charge on any atom is -0.383 e. The Morgan fingerprint density at radius 1 is 1.23 bits per heavy atom. The maximum Gasteiger partial charge on any atom is 0.282 e. The highest BCUT2D eigenvalue weighted by Gasteiger charge is 2.45. The fourth-order valence-electron chi connectivity index (χ4n) is 4.19. The Morgan fingerprint density at radius 2 is 2.00 bits per heavy atom. The molecule has 0 radical (unpaired) electrons. The minimum atomic E-state index is -3.11. The number of aromatic amines is 1. The Balaban J connectivity index is 1.42. The van der Waals surface area contributed by atoms with Crippen LogP contribution in [-0.2, 0) is 6.42 Å². The van der Waals surface area contributed by atoms with Crippen LogP contribution < -0.4 is 0 Å². The number of aromatic nitrogens is 4. The first kappa shape index (κ1) is 23.1. The number of hydrogen-bond acceptors (Lipinski definition) is 6. The molecule has 2 heterocycles. The maximum atomic E-state index is 14.6. The highest BCUT2D eigenvalue weighted by atomic mass is 32.2. The Labute approximate surface area is 180 Å². The molecule has 1 amide bonds. The Morgan fingerprint density at radius 3 is 2.73 bits per heavy atom. The SMILES string of the molecule is O=C1SCC(C=CC(O)C(F)(F)C2CCCCC2)N1CCCCCCc1nnn[nH]1. The van der Waals surface area contributed by atoms with Crippen LogP contribution >= 0.6 is 11.8 Å². The second kappa shape index (κ2) is 11.2. The fourth-order valence-corrected chi connectivity index (χ4v) is 5.18. The Bertz CT molecular complexity index is 683. The number of nitrogens with one attached hydrogen (secondary N) is 1. The van der Waals surface area contributed by atoms with E-state index < -0.39 is 17.9 Å². The molecule has 1 aromatic heterocycles. The highest BCUT2D eigenvalue weighted by molar-refractivity contribution is 8.13. The van der Waals surface area contributed by atoms with Gasteiger partial charge in [-0.05, 0) is 36.1 Å². The molecule has 7 nitrogen and oxygen atoms in total. The number of rotatable bonds is 11. The number of halogens is 2. The van der Waals surface area contributed by atoms with Crippen molar-refractivity contribution in [2.24, 2.45) is 5.92 Å². The normalized spacial score (nSPS) is 22.3. The number of tetrazole rings is 1. The molecule has 30 heavy (non-hydrogen) atoms. The lowest BCUT2D eigenvalue weighted by atomic mass is 9.82. The van der Waals surface area contributed by atoms with Crippen LogP contribution in [0.5, 0.6) is 0 Å². The van der Waals surface area contributed by atoms with E-state index in [2.05, 4.69) is 20.6 Å². The van der Waals surface area contributed by atoms with Crippen molar-refractivity contribution < 1.29 is 18.7 Å². The molecule has 168 valence electrons. The molecular weight excluding hydrogens is 412 g/mol. The van der Waals surface area contributed by atoms with Gasteiger partial charge in [-0.3, -0.25) is 4.79 Å². The van der Waals surface area contributed by atoms with Gasteiger partial charge in [-0.15, -0.1) is 5.10 Å². The van der Waals surface area contributed by atoms with Gasteiger partial charge in [0, 0.05) is 24.6 Å². The van der Waals surface area contributed by atoms with Gasteiger partial charge in [0.2, 0.25) is 0 Å². The van der Waals surface area contributed by atoms with Gasteiger partial charge in [0.1, 0.15) is 11.9 Å². The molecule has 10 heteroatoms. The first-order valence-corrected chi connectivity index (χ1v) is 11.9. The van der Waals surface area contributed by atoms with Gasteiger partial charge >= 0.3 is 0 Å². The van der Waals surface area contributed by atoms with Crippen molar-refractivity contribution in [3.05, 3.63) is 18.0 Å². The number of H-pyrrole nitrogens is 1. The predicted molar refractivity (Wildman–Crippen MR) is 111 cm³/mol. The van der Waals surface area contributed by atoms with Crippen molar-refractivity contribution >= 4 is 17.0 Å². The topological polar surface area (TPSA) is 95.0 Å². The van der Waals surface area contributed by atoms with Gasteiger partial charge in [-0.25, -0.2) is 13.9 Å². The summed E-state index contributed by atoms with van der Waals surface area (Å²) < 4.78 is 29.1. The number of thioether (sulfide) groups is 1. The van der Waals surface area contributed by atoms with Crippen molar-refractivity contribution in [3.8, 4) is 0 Å².